The van der Waals surface area contributed by atoms with Crippen LogP contribution in [0.5, 0.6) is 0 Å². The second-order valence-corrected chi connectivity index (χ2v) is 5.30. The molecule has 0 spiro atoms. The second kappa shape index (κ2) is 10.2. The minimum atomic E-state index is -3.26. The Labute approximate surface area is 99.9 Å². The van der Waals surface area contributed by atoms with Gasteiger partial charge in [-0.1, -0.05) is 19.8 Å². The fraction of sp³-hybridized carbons (Fsp3) is 1.00. The zero-order valence-corrected chi connectivity index (χ0v) is 11.4. The molecule has 0 fully saturated rings. The summed E-state index contributed by atoms with van der Waals surface area (Å²) in [5.41, 5.74) is 0. The van der Waals surface area contributed by atoms with Gasteiger partial charge in [-0.15, -0.1) is 0 Å². The highest BCUT2D eigenvalue weighted by molar-refractivity contribution is 7.48. The van der Waals surface area contributed by atoms with Crippen molar-refractivity contribution in [1.82, 2.24) is 5.32 Å². The third-order valence-corrected chi connectivity index (χ3v) is 3.59. The van der Waals surface area contributed by atoms with Crippen LogP contribution >= 0.6 is 7.82 Å². The average Bonchev–Trinajstić information content (AvgIpc) is 2.32. The number of hydrogen-bond acceptors (Lipinski definition) is 5. The van der Waals surface area contributed by atoms with E-state index in [2.05, 4.69) is 21.3 Å². The van der Waals surface area contributed by atoms with Crippen LogP contribution in [0.25, 0.3) is 0 Å². The lowest BCUT2D eigenvalue weighted by molar-refractivity contribution is 0.150. The van der Waals surface area contributed by atoms with E-state index < -0.39 is 7.82 Å². The van der Waals surface area contributed by atoms with Crippen molar-refractivity contribution in [3.63, 3.8) is 0 Å². The summed E-state index contributed by atoms with van der Waals surface area (Å²) in [6, 6.07) is 0. The Morgan fingerprint density at radius 3 is 2.31 bits per heavy atom. The Balaban J connectivity index is 0. The lowest BCUT2D eigenvalue weighted by Gasteiger charge is -2.12. The number of unbranched alkanes of at least 4 members (excludes halogenated alkanes) is 3. The first-order valence-corrected chi connectivity index (χ1v) is 7.21. The Hall–Kier alpha value is 0.0700. The van der Waals surface area contributed by atoms with Crippen LogP contribution in [-0.2, 0) is 18.1 Å². The molecular weight excluding hydrogens is 229 g/mol. The van der Waals surface area contributed by atoms with E-state index in [4.69, 9.17) is 4.52 Å². The van der Waals surface area contributed by atoms with E-state index in [1.165, 1.54) is 20.6 Å². The number of phosphoric acid groups is 1. The molecule has 0 rings (SSSR count). The zero-order valence-electron chi connectivity index (χ0n) is 10.5. The fourth-order valence-corrected chi connectivity index (χ4v) is 1.95. The van der Waals surface area contributed by atoms with E-state index in [9.17, 15) is 4.57 Å². The molecule has 0 aliphatic rings. The van der Waals surface area contributed by atoms with Gasteiger partial charge in [0.2, 0.25) is 0 Å². The lowest BCUT2D eigenvalue weighted by atomic mass is 10.2. The summed E-state index contributed by atoms with van der Waals surface area (Å²) in [4.78, 5) is 0. The van der Waals surface area contributed by atoms with Crippen LogP contribution in [0.2, 0.25) is 0 Å². The molecule has 6 heteroatoms. The summed E-state index contributed by atoms with van der Waals surface area (Å²) >= 11 is 0. The van der Waals surface area contributed by atoms with Crippen LogP contribution in [0.3, 0.4) is 0 Å². The van der Waals surface area contributed by atoms with Gasteiger partial charge in [-0.2, -0.15) is 0 Å². The summed E-state index contributed by atoms with van der Waals surface area (Å²) in [5.74, 6) is 0. The molecule has 0 saturated carbocycles. The first-order chi connectivity index (χ1) is 7.68. The largest absolute Gasteiger partial charge is 0.474 e. The maximum Gasteiger partial charge on any atom is 0.474 e. The fourth-order valence-electron chi connectivity index (χ4n) is 1.24. The molecule has 1 N–H and O–H groups in total. The first-order valence-electron chi connectivity index (χ1n) is 5.75. The van der Waals surface area contributed by atoms with Gasteiger partial charge < -0.3 is 5.32 Å². The Kier molecular flexibility index (Phi) is 10.3. The third-order valence-electron chi connectivity index (χ3n) is 2.19. The van der Waals surface area contributed by atoms with Gasteiger partial charge >= 0.3 is 7.82 Å². The second-order valence-electron chi connectivity index (χ2n) is 3.41. The molecule has 16 heavy (non-hydrogen) atoms. The summed E-state index contributed by atoms with van der Waals surface area (Å²) in [6.45, 7) is 4.60. The van der Waals surface area contributed by atoms with Crippen molar-refractivity contribution >= 4 is 7.82 Å². The quantitative estimate of drug-likeness (QED) is 0.454. The number of nitrogens with one attached hydrogen (secondary N) is 1. The maximum atomic E-state index is 11.4. The summed E-state index contributed by atoms with van der Waals surface area (Å²) in [6.07, 6.45) is 4.27. The van der Waals surface area contributed by atoms with Gasteiger partial charge in [0.1, 0.15) is 0 Å². The van der Waals surface area contributed by atoms with Gasteiger partial charge in [0, 0.05) is 15.6 Å². The highest BCUT2D eigenvalue weighted by Crippen LogP contribution is 2.47. The van der Waals surface area contributed by atoms with Crippen molar-refractivity contribution in [1.29, 1.82) is 0 Å². The van der Waals surface area contributed by atoms with E-state index in [0.717, 1.165) is 32.4 Å². The maximum absolute atomic E-state index is 11.4. The summed E-state index contributed by atoms with van der Waals surface area (Å²) < 4.78 is 25.8. The van der Waals surface area contributed by atoms with Crippen molar-refractivity contribution in [2.24, 2.45) is 0 Å². The molecule has 0 atom stereocenters. The van der Waals surface area contributed by atoms with Crippen LogP contribution in [0, 0.1) is 0 Å². The van der Waals surface area contributed by atoms with E-state index in [1.807, 2.05) is 0 Å². The van der Waals surface area contributed by atoms with Crippen LogP contribution in [0.15, 0.2) is 0 Å². The van der Waals surface area contributed by atoms with Crippen molar-refractivity contribution in [2.45, 2.75) is 32.6 Å². The van der Waals surface area contributed by atoms with E-state index in [-0.39, 0.29) is 1.43 Å². The van der Waals surface area contributed by atoms with Crippen molar-refractivity contribution in [2.75, 3.05) is 33.9 Å². The molecule has 0 aliphatic carbocycles. The molecule has 100 valence electrons. The molecule has 0 aromatic heterocycles. The smallest absolute Gasteiger partial charge is 0.317 e. The molecule has 0 unspecified atom stereocenters. The van der Waals surface area contributed by atoms with Gasteiger partial charge in [0.05, 0.1) is 6.61 Å². The van der Waals surface area contributed by atoms with Crippen molar-refractivity contribution in [3.05, 3.63) is 0 Å². The Bertz CT molecular complexity index is 199. The predicted molar refractivity (Wildman–Crippen MR) is 66.7 cm³/mol. The number of phosphoric ester groups is 1. The minimum Gasteiger partial charge on any atom is -0.317 e. The lowest BCUT2D eigenvalue weighted by Crippen LogP contribution is -2.13. The molecule has 0 radical (unpaired) electrons. The van der Waals surface area contributed by atoms with Gasteiger partial charge in [0.25, 0.3) is 0 Å². The van der Waals surface area contributed by atoms with Crippen LogP contribution in [0.4, 0.5) is 0 Å². The standard InChI is InChI=1S/C10H24NO4P.H2/c1-4-11-9-7-5-6-8-10-15-16(12,13-2)14-3;/h11H,4-10H2,1-3H3;1H. The number of rotatable bonds is 11. The molecule has 0 amide bonds. The normalized spacial score (nSPS) is 11.9. The van der Waals surface area contributed by atoms with Crippen molar-refractivity contribution < 1.29 is 19.6 Å². The monoisotopic (exact) mass is 255 g/mol. The molecular formula is C10H26NO4P. The van der Waals surface area contributed by atoms with Crippen LogP contribution in [-0.4, -0.2) is 33.9 Å². The number of hydrogen-bond donors (Lipinski definition) is 1. The van der Waals surface area contributed by atoms with Crippen LogP contribution in [0.1, 0.15) is 34.0 Å². The van der Waals surface area contributed by atoms with E-state index in [1.54, 1.807) is 0 Å². The molecule has 0 aromatic rings. The molecule has 0 bridgehead atoms. The zero-order chi connectivity index (χ0) is 12.3. The van der Waals surface area contributed by atoms with Crippen LogP contribution < -0.4 is 5.32 Å². The molecule has 0 aliphatic heterocycles. The minimum absolute atomic E-state index is 0. The molecule has 0 saturated heterocycles. The topological polar surface area (TPSA) is 56.8 Å². The summed E-state index contributed by atoms with van der Waals surface area (Å²) in [7, 11) is -0.619. The van der Waals surface area contributed by atoms with Gasteiger partial charge in [0.15, 0.2) is 0 Å². The van der Waals surface area contributed by atoms with Crippen molar-refractivity contribution in [3.8, 4) is 0 Å². The molecule has 0 heterocycles. The highest BCUT2D eigenvalue weighted by atomic mass is 31.2. The van der Waals surface area contributed by atoms with E-state index in [0.29, 0.717) is 6.61 Å². The Morgan fingerprint density at radius 2 is 1.75 bits per heavy atom. The van der Waals surface area contributed by atoms with E-state index >= 15 is 0 Å². The van der Waals surface area contributed by atoms with Gasteiger partial charge in [-0.3, -0.25) is 13.6 Å². The molecule has 0 aromatic carbocycles. The van der Waals surface area contributed by atoms with Gasteiger partial charge in [-0.05, 0) is 25.9 Å². The predicted octanol–water partition coefficient (Wildman–Crippen LogP) is 2.82. The first kappa shape index (κ1) is 16.1. The Morgan fingerprint density at radius 1 is 1.12 bits per heavy atom. The molecule has 5 nitrogen and oxygen atoms in total. The highest BCUT2D eigenvalue weighted by Gasteiger charge is 2.21. The van der Waals surface area contributed by atoms with Gasteiger partial charge in [-0.25, -0.2) is 4.57 Å². The third kappa shape index (κ3) is 8.25. The summed E-state index contributed by atoms with van der Waals surface area (Å²) in [5, 5.41) is 3.27. The average molecular weight is 255 g/mol. The SMILES string of the molecule is CCNCCCCCCOP(=O)(OC)OC.[HH].